The number of aryl methyl sites for hydroxylation is 1. The minimum absolute atomic E-state index is 0. The van der Waals surface area contributed by atoms with E-state index >= 15 is 0 Å². The number of hydrogen-bond donors (Lipinski definition) is 0. The molecule has 2 aliphatic rings. The summed E-state index contributed by atoms with van der Waals surface area (Å²) in [6.07, 6.45) is 6.72. The Morgan fingerprint density at radius 3 is 2.67 bits per heavy atom. The molecule has 0 bridgehead atoms. The van der Waals surface area contributed by atoms with E-state index < -0.39 is 0 Å². The average molecular weight is 287 g/mol. The Labute approximate surface area is 128 Å². The topological polar surface area (TPSA) is 29.5 Å². The van der Waals surface area contributed by atoms with Crippen LogP contribution in [0.3, 0.4) is 0 Å². The average Bonchev–Trinajstić information content (AvgIpc) is 2.97. The molecular formula is C18H25NO2. The van der Waals surface area contributed by atoms with E-state index in [1.165, 1.54) is 23.1 Å². The lowest BCUT2D eigenvalue weighted by Gasteiger charge is -2.27. The fraction of sp³-hybridized carbons (Fsp3) is 0.500. The Morgan fingerprint density at radius 2 is 1.95 bits per heavy atom. The second-order valence-corrected chi connectivity index (χ2v) is 6.12. The second kappa shape index (κ2) is 6.33. The van der Waals surface area contributed by atoms with E-state index in [0.717, 1.165) is 32.4 Å². The Hall–Kier alpha value is -1.77. The van der Waals surface area contributed by atoms with Crippen molar-refractivity contribution < 1.29 is 11.0 Å². The number of rotatable bonds is 3. The number of carbonyl (C=O) groups is 1. The van der Waals surface area contributed by atoms with Crippen LogP contribution in [0.25, 0.3) is 5.57 Å². The zero-order chi connectivity index (χ0) is 14.7. The smallest absolute Gasteiger partial charge is 0.226 e. The van der Waals surface area contributed by atoms with Crippen molar-refractivity contribution in [3.8, 4) is 0 Å². The fourth-order valence-electron chi connectivity index (χ4n) is 3.06. The summed E-state index contributed by atoms with van der Waals surface area (Å²) >= 11 is 0. The molecule has 1 unspecified atom stereocenters. The van der Waals surface area contributed by atoms with Crippen LogP contribution in [-0.2, 0) is 9.53 Å². The molecule has 1 aromatic rings. The minimum Gasteiger partial charge on any atom is -0.497 e. The molecule has 1 atom stereocenters. The predicted molar refractivity (Wildman–Crippen MR) is 85.8 cm³/mol. The van der Waals surface area contributed by atoms with E-state index in [1.807, 2.05) is 11.2 Å². The highest BCUT2D eigenvalue weighted by Gasteiger charge is 2.25. The van der Waals surface area contributed by atoms with Crippen molar-refractivity contribution in [1.82, 2.24) is 4.90 Å². The summed E-state index contributed by atoms with van der Waals surface area (Å²) < 4.78 is 5.70. The maximum absolute atomic E-state index is 12.3. The highest BCUT2D eigenvalue weighted by molar-refractivity contribution is 5.77. The van der Waals surface area contributed by atoms with Crippen molar-refractivity contribution in [3.05, 3.63) is 41.7 Å². The summed E-state index contributed by atoms with van der Waals surface area (Å²) in [5.41, 5.74) is 3.66. The first kappa shape index (κ1) is 14.2. The molecule has 114 valence electrons. The highest BCUT2D eigenvalue weighted by atomic mass is 16.5. The molecule has 3 nitrogen and oxygen atoms in total. The molecule has 1 saturated heterocycles. The SMILES string of the molecule is Cc1ccc(C2=COC(CC(=O)N3CCCCC3)C2)cc1.[HH]. The number of hydrogen-bond acceptors (Lipinski definition) is 2. The Morgan fingerprint density at radius 1 is 1.24 bits per heavy atom. The number of carbonyl (C=O) groups excluding carboxylic acids is 1. The third kappa shape index (κ3) is 3.46. The summed E-state index contributed by atoms with van der Waals surface area (Å²) in [6, 6.07) is 8.48. The van der Waals surface area contributed by atoms with Crippen LogP contribution < -0.4 is 0 Å². The van der Waals surface area contributed by atoms with Crippen LogP contribution in [0.15, 0.2) is 30.5 Å². The molecule has 1 fully saturated rings. The van der Waals surface area contributed by atoms with Gasteiger partial charge in [-0.2, -0.15) is 0 Å². The van der Waals surface area contributed by atoms with Gasteiger partial charge in [-0.25, -0.2) is 0 Å². The van der Waals surface area contributed by atoms with Crippen LogP contribution in [-0.4, -0.2) is 30.0 Å². The summed E-state index contributed by atoms with van der Waals surface area (Å²) in [4.78, 5) is 14.3. The molecule has 0 aliphatic carbocycles. The third-order valence-electron chi connectivity index (χ3n) is 4.38. The van der Waals surface area contributed by atoms with Gasteiger partial charge in [0, 0.05) is 20.9 Å². The fourth-order valence-corrected chi connectivity index (χ4v) is 3.06. The van der Waals surface area contributed by atoms with Crippen LogP contribution in [0.4, 0.5) is 0 Å². The molecule has 0 aromatic heterocycles. The summed E-state index contributed by atoms with van der Waals surface area (Å²) in [5.74, 6) is 0.248. The lowest BCUT2D eigenvalue weighted by Crippen LogP contribution is -2.37. The van der Waals surface area contributed by atoms with E-state index in [4.69, 9.17) is 4.74 Å². The van der Waals surface area contributed by atoms with Crippen molar-refractivity contribution >= 4 is 11.5 Å². The molecule has 2 heterocycles. The molecule has 3 heteroatoms. The highest BCUT2D eigenvalue weighted by Crippen LogP contribution is 2.29. The van der Waals surface area contributed by atoms with Gasteiger partial charge in [0.1, 0.15) is 6.10 Å². The van der Waals surface area contributed by atoms with E-state index in [1.54, 1.807) is 0 Å². The summed E-state index contributed by atoms with van der Waals surface area (Å²) in [6.45, 7) is 3.93. The lowest BCUT2D eigenvalue weighted by molar-refractivity contribution is -0.134. The summed E-state index contributed by atoms with van der Waals surface area (Å²) in [7, 11) is 0. The standard InChI is InChI=1S/C18H23NO2.H2/c1-14-5-7-15(8-6-14)16-11-17(21-13-16)12-18(20)19-9-3-2-4-10-19;/h5-8,13,17H,2-4,9-12H2,1H3;1H. The number of amides is 1. The molecule has 0 saturated carbocycles. The number of likely N-dealkylation sites (tertiary alicyclic amines) is 1. The first-order valence-corrected chi connectivity index (χ1v) is 7.92. The second-order valence-electron chi connectivity index (χ2n) is 6.12. The maximum Gasteiger partial charge on any atom is 0.226 e. The minimum atomic E-state index is 0. The van der Waals surface area contributed by atoms with E-state index in [-0.39, 0.29) is 13.4 Å². The Balaban J connectivity index is 0.00000176. The first-order valence-electron chi connectivity index (χ1n) is 7.92. The molecular weight excluding hydrogens is 262 g/mol. The van der Waals surface area contributed by atoms with Gasteiger partial charge in [0.05, 0.1) is 12.7 Å². The first-order chi connectivity index (χ1) is 10.2. The number of ether oxygens (including phenoxy) is 1. The van der Waals surface area contributed by atoms with Crippen LogP contribution in [0.1, 0.15) is 44.7 Å². The zero-order valence-electron chi connectivity index (χ0n) is 12.7. The Kier molecular flexibility index (Phi) is 4.28. The molecule has 3 rings (SSSR count). The van der Waals surface area contributed by atoms with Crippen LogP contribution >= 0.6 is 0 Å². The number of piperidine rings is 1. The number of benzene rings is 1. The van der Waals surface area contributed by atoms with Gasteiger partial charge in [-0.15, -0.1) is 0 Å². The normalized spacial score (nSPS) is 21.9. The molecule has 2 aliphatic heterocycles. The van der Waals surface area contributed by atoms with E-state index in [0.29, 0.717) is 6.42 Å². The van der Waals surface area contributed by atoms with Crippen LogP contribution in [0, 0.1) is 6.92 Å². The van der Waals surface area contributed by atoms with Gasteiger partial charge in [0.15, 0.2) is 0 Å². The van der Waals surface area contributed by atoms with E-state index in [2.05, 4.69) is 31.2 Å². The van der Waals surface area contributed by atoms with Gasteiger partial charge in [-0.1, -0.05) is 29.8 Å². The monoisotopic (exact) mass is 287 g/mol. The maximum atomic E-state index is 12.3. The number of nitrogens with zero attached hydrogens (tertiary/aromatic N) is 1. The molecule has 0 spiro atoms. The Bertz CT molecular complexity index is 533. The van der Waals surface area contributed by atoms with Gasteiger partial charge in [-0.3, -0.25) is 4.79 Å². The van der Waals surface area contributed by atoms with Crippen molar-refractivity contribution in [2.45, 2.75) is 45.1 Å². The van der Waals surface area contributed by atoms with Gasteiger partial charge in [0.2, 0.25) is 5.91 Å². The van der Waals surface area contributed by atoms with E-state index in [9.17, 15) is 4.79 Å². The van der Waals surface area contributed by atoms with Gasteiger partial charge in [0.25, 0.3) is 0 Å². The molecule has 0 N–H and O–H groups in total. The molecule has 0 radical (unpaired) electrons. The van der Waals surface area contributed by atoms with Crippen molar-refractivity contribution in [3.63, 3.8) is 0 Å². The van der Waals surface area contributed by atoms with Gasteiger partial charge in [-0.05, 0) is 37.3 Å². The zero-order valence-corrected chi connectivity index (χ0v) is 12.7. The third-order valence-corrected chi connectivity index (χ3v) is 4.38. The molecule has 1 aromatic carbocycles. The van der Waals surface area contributed by atoms with Gasteiger partial charge >= 0.3 is 0 Å². The summed E-state index contributed by atoms with van der Waals surface area (Å²) in [5, 5.41) is 0. The van der Waals surface area contributed by atoms with Crippen molar-refractivity contribution in [1.29, 1.82) is 0 Å². The lowest BCUT2D eigenvalue weighted by atomic mass is 10.00. The van der Waals surface area contributed by atoms with Crippen molar-refractivity contribution in [2.24, 2.45) is 0 Å². The molecule has 21 heavy (non-hydrogen) atoms. The quantitative estimate of drug-likeness (QED) is 0.847. The van der Waals surface area contributed by atoms with Gasteiger partial charge < -0.3 is 9.64 Å². The largest absolute Gasteiger partial charge is 0.497 e. The van der Waals surface area contributed by atoms with Crippen LogP contribution in [0.5, 0.6) is 0 Å². The van der Waals surface area contributed by atoms with Crippen LogP contribution in [0.2, 0.25) is 0 Å². The molecule has 1 amide bonds. The van der Waals surface area contributed by atoms with Crippen molar-refractivity contribution in [2.75, 3.05) is 13.1 Å². The predicted octanol–water partition coefficient (Wildman–Crippen LogP) is 3.77.